The number of benzene rings is 2. The summed E-state index contributed by atoms with van der Waals surface area (Å²) in [6.45, 7) is 0. The van der Waals surface area contributed by atoms with E-state index in [9.17, 15) is 9.59 Å². The van der Waals surface area contributed by atoms with Crippen LogP contribution in [0.1, 0.15) is 20.7 Å². The zero-order chi connectivity index (χ0) is 19.0. The van der Waals surface area contributed by atoms with E-state index in [2.05, 4.69) is 10.3 Å². The maximum atomic E-state index is 12.7. The molecule has 27 heavy (non-hydrogen) atoms. The van der Waals surface area contributed by atoms with Gasteiger partial charge in [-0.1, -0.05) is 23.4 Å². The van der Waals surface area contributed by atoms with Crippen molar-refractivity contribution in [3.05, 3.63) is 76.9 Å². The lowest BCUT2D eigenvalue weighted by Crippen LogP contribution is -2.26. The third kappa shape index (κ3) is 3.41. The molecule has 1 N–H and O–H groups in total. The SMILES string of the molecule is CN1C(=O)c2cccnc2Sc2cc(C(=O)Nc3ccc(Cl)cc3)ccc21. The first-order valence-electron chi connectivity index (χ1n) is 8.15. The summed E-state index contributed by atoms with van der Waals surface area (Å²) in [6, 6.07) is 15.7. The first-order chi connectivity index (χ1) is 13.0. The largest absolute Gasteiger partial charge is 0.322 e. The number of nitrogens with one attached hydrogen (secondary N) is 1. The van der Waals surface area contributed by atoms with Crippen molar-refractivity contribution in [1.82, 2.24) is 4.98 Å². The van der Waals surface area contributed by atoms with E-state index in [1.807, 2.05) is 0 Å². The molecule has 0 spiro atoms. The smallest absolute Gasteiger partial charge is 0.260 e. The number of amides is 2. The van der Waals surface area contributed by atoms with Crippen molar-refractivity contribution in [1.29, 1.82) is 0 Å². The molecule has 0 bridgehead atoms. The first kappa shape index (κ1) is 17.6. The van der Waals surface area contributed by atoms with Crippen LogP contribution >= 0.6 is 23.4 Å². The van der Waals surface area contributed by atoms with Gasteiger partial charge in [-0.2, -0.15) is 0 Å². The van der Waals surface area contributed by atoms with Gasteiger partial charge in [0, 0.05) is 34.4 Å². The second-order valence-corrected chi connectivity index (χ2v) is 7.43. The van der Waals surface area contributed by atoms with Gasteiger partial charge in [-0.3, -0.25) is 9.59 Å². The molecule has 134 valence electrons. The third-order valence-electron chi connectivity index (χ3n) is 4.20. The Morgan fingerprint density at radius 2 is 1.93 bits per heavy atom. The highest BCUT2D eigenvalue weighted by atomic mass is 35.5. The van der Waals surface area contributed by atoms with E-state index in [1.165, 1.54) is 11.8 Å². The maximum Gasteiger partial charge on any atom is 0.260 e. The van der Waals surface area contributed by atoms with Crippen LogP contribution in [0.25, 0.3) is 0 Å². The minimum atomic E-state index is -0.236. The molecule has 4 rings (SSSR count). The number of carbonyl (C=O) groups excluding carboxylic acids is 2. The summed E-state index contributed by atoms with van der Waals surface area (Å²) in [4.78, 5) is 32.0. The van der Waals surface area contributed by atoms with Gasteiger partial charge < -0.3 is 10.2 Å². The Hall–Kier alpha value is -2.83. The molecule has 7 heteroatoms. The van der Waals surface area contributed by atoms with Gasteiger partial charge >= 0.3 is 0 Å². The number of hydrogen-bond acceptors (Lipinski definition) is 4. The van der Waals surface area contributed by atoms with Gasteiger partial charge in [0.15, 0.2) is 0 Å². The maximum absolute atomic E-state index is 12.7. The number of halogens is 1. The van der Waals surface area contributed by atoms with Gasteiger partial charge in [0.25, 0.3) is 11.8 Å². The highest BCUT2D eigenvalue weighted by molar-refractivity contribution is 7.99. The molecule has 5 nitrogen and oxygen atoms in total. The minimum Gasteiger partial charge on any atom is -0.322 e. The molecule has 1 aliphatic rings. The summed E-state index contributed by atoms with van der Waals surface area (Å²) >= 11 is 7.25. The quantitative estimate of drug-likeness (QED) is 0.681. The molecule has 0 radical (unpaired) electrons. The Balaban J connectivity index is 1.67. The molecule has 1 aliphatic heterocycles. The molecular weight excluding hydrogens is 382 g/mol. The van der Waals surface area contributed by atoms with Crippen molar-refractivity contribution in [2.24, 2.45) is 0 Å². The molecule has 0 unspecified atom stereocenters. The Morgan fingerprint density at radius 1 is 1.15 bits per heavy atom. The molecule has 0 saturated carbocycles. The van der Waals surface area contributed by atoms with Crippen LogP contribution in [0.5, 0.6) is 0 Å². The fourth-order valence-corrected chi connectivity index (χ4v) is 3.99. The fourth-order valence-electron chi connectivity index (χ4n) is 2.78. The van der Waals surface area contributed by atoms with E-state index >= 15 is 0 Å². The molecule has 3 aromatic rings. The molecule has 0 fully saturated rings. The van der Waals surface area contributed by atoms with Crippen LogP contribution < -0.4 is 10.2 Å². The average Bonchev–Trinajstić information content (AvgIpc) is 2.78. The highest BCUT2D eigenvalue weighted by Crippen LogP contribution is 2.40. The van der Waals surface area contributed by atoms with E-state index in [1.54, 1.807) is 72.7 Å². The molecule has 2 aromatic carbocycles. The van der Waals surface area contributed by atoms with Crippen LogP contribution in [-0.4, -0.2) is 23.8 Å². The monoisotopic (exact) mass is 395 g/mol. The number of pyridine rings is 1. The number of carbonyl (C=O) groups is 2. The Bertz CT molecular complexity index is 1050. The molecule has 2 heterocycles. The van der Waals surface area contributed by atoms with Crippen molar-refractivity contribution in [2.75, 3.05) is 17.3 Å². The van der Waals surface area contributed by atoms with Crippen LogP contribution in [0.2, 0.25) is 5.02 Å². The third-order valence-corrected chi connectivity index (χ3v) is 5.52. The van der Waals surface area contributed by atoms with Crippen LogP contribution in [-0.2, 0) is 0 Å². The van der Waals surface area contributed by atoms with E-state index in [0.29, 0.717) is 26.9 Å². The van der Waals surface area contributed by atoms with Gasteiger partial charge in [0.1, 0.15) is 5.03 Å². The Kier molecular flexibility index (Phi) is 4.59. The topological polar surface area (TPSA) is 62.3 Å². The van der Waals surface area contributed by atoms with Gasteiger partial charge in [-0.15, -0.1) is 0 Å². The predicted molar refractivity (Wildman–Crippen MR) is 107 cm³/mol. The van der Waals surface area contributed by atoms with Crippen LogP contribution in [0.15, 0.2) is 70.7 Å². The summed E-state index contributed by atoms with van der Waals surface area (Å²) in [5, 5.41) is 4.08. The zero-order valence-corrected chi connectivity index (χ0v) is 15.8. The molecule has 1 aromatic heterocycles. The van der Waals surface area contributed by atoms with E-state index in [4.69, 9.17) is 11.6 Å². The lowest BCUT2D eigenvalue weighted by atomic mass is 10.1. The van der Waals surface area contributed by atoms with Crippen molar-refractivity contribution < 1.29 is 9.59 Å². The van der Waals surface area contributed by atoms with Crippen molar-refractivity contribution in [3.8, 4) is 0 Å². The summed E-state index contributed by atoms with van der Waals surface area (Å²) < 4.78 is 0. The number of fused-ring (bicyclic) bond motifs is 2. The number of aromatic nitrogens is 1. The van der Waals surface area contributed by atoms with E-state index in [-0.39, 0.29) is 11.8 Å². The second-order valence-electron chi connectivity index (χ2n) is 5.97. The first-order valence-corrected chi connectivity index (χ1v) is 9.34. The molecule has 2 amide bonds. The summed E-state index contributed by atoms with van der Waals surface area (Å²) in [6.07, 6.45) is 1.65. The van der Waals surface area contributed by atoms with E-state index in [0.717, 1.165) is 10.6 Å². The zero-order valence-electron chi connectivity index (χ0n) is 14.3. The highest BCUT2D eigenvalue weighted by Gasteiger charge is 2.26. The molecular formula is C20H14ClN3O2S. The van der Waals surface area contributed by atoms with Crippen molar-refractivity contribution in [2.45, 2.75) is 9.92 Å². The predicted octanol–water partition coefficient (Wildman–Crippen LogP) is 4.73. The fraction of sp³-hybridized carbons (Fsp3) is 0.0500. The lowest BCUT2D eigenvalue weighted by Gasteiger charge is -2.17. The number of hydrogen-bond donors (Lipinski definition) is 1. The van der Waals surface area contributed by atoms with Crippen LogP contribution in [0.4, 0.5) is 11.4 Å². The van der Waals surface area contributed by atoms with Crippen molar-refractivity contribution in [3.63, 3.8) is 0 Å². The van der Waals surface area contributed by atoms with Crippen LogP contribution in [0.3, 0.4) is 0 Å². The van der Waals surface area contributed by atoms with Gasteiger partial charge in [-0.25, -0.2) is 4.98 Å². The second kappa shape index (κ2) is 7.06. The van der Waals surface area contributed by atoms with E-state index < -0.39 is 0 Å². The summed E-state index contributed by atoms with van der Waals surface area (Å²) in [5.41, 5.74) is 2.45. The molecule has 0 atom stereocenters. The summed E-state index contributed by atoms with van der Waals surface area (Å²) in [7, 11) is 1.72. The van der Waals surface area contributed by atoms with Gasteiger partial charge in [0.2, 0.25) is 0 Å². The number of rotatable bonds is 2. The normalized spacial score (nSPS) is 12.8. The lowest BCUT2D eigenvalue weighted by molar-refractivity contribution is 0.0988. The molecule has 0 aliphatic carbocycles. The minimum absolute atomic E-state index is 0.122. The average molecular weight is 396 g/mol. The standard InChI is InChI=1S/C20H14ClN3O2S/c1-24-16-9-4-12(18(25)23-14-7-5-13(21)6-8-14)11-17(16)27-19-15(20(24)26)3-2-10-22-19/h2-11H,1H3,(H,23,25). The Labute approximate surface area is 165 Å². The summed E-state index contributed by atoms with van der Waals surface area (Å²) in [5.74, 6) is -0.358. The van der Waals surface area contributed by atoms with Crippen molar-refractivity contribution >= 4 is 46.6 Å². The van der Waals surface area contributed by atoms with Crippen LogP contribution in [0, 0.1) is 0 Å². The molecule has 0 saturated heterocycles. The Morgan fingerprint density at radius 3 is 2.70 bits per heavy atom. The number of nitrogens with zero attached hydrogens (tertiary/aromatic N) is 2. The number of anilines is 2. The van der Waals surface area contributed by atoms with Gasteiger partial charge in [0.05, 0.1) is 11.3 Å². The van der Waals surface area contributed by atoms with Gasteiger partial charge in [-0.05, 0) is 54.6 Å².